The minimum absolute atomic E-state index is 0. The standard InChI is InChI=1S/C20H18F4N6.ClH/c21-14-5-6-29(11-15(14)26)19-28-16-3-1-12(8-25)7-17(16)30(19)10-13-2-4-18(27-9-13)20(22,23)24;/h1-4,7,9,14-15H,5-6,10-11,26H2;1H/t14-,15-;/m1./s1. The molecule has 0 amide bonds. The van der Waals surface area contributed by atoms with Crippen molar-refractivity contribution in [1.29, 1.82) is 5.26 Å². The topological polar surface area (TPSA) is 83.8 Å². The highest BCUT2D eigenvalue weighted by Crippen LogP contribution is 2.29. The molecule has 0 spiro atoms. The molecular formula is C20H19ClF4N6. The van der Waals surface area contributed by atoms with Gasteiger partial charge < -0.3 is 15.2 Å². The van der Waals surface area contributed by atoms with Crippen LogP contribution in [0.15, 0.2) is 36.5 Å². The second-order valence-corrected chi connectivity index (χ2v) is 7.28. The van der Waals surface area contributed by atoms with Gasteiger partial charge in [-0.25, -0.2) is 9.37 Å². The number of hydrogen-bond acceptors (Lipinski definition) is 5. The van der Waals surface area contributed by atoms with E-state index in [1.807, 2.05) is 4.90 Å². The summed E-state index contributed by atoms with van der Waals surface area (Å²) in [7, 11) is 0. The first-order valence-corrected chi connectivity index (χ1v) is 9.33. The Hall–Kier alpha value is -2.90. The average Bonchev–Trinajstić information content (AvgIpc) is 3.07. The molecule has 0 aliphatic carbocycles. The van der Waals surface area contributed by atoms with Crippen molar-refractivity contribution in [1.82, 2.24) is 14.5 Å². The Labute approximate surface area is 181 Å². The molecule has 31 heavy (non-hydrogen) atoms. The van der Waals surface area contributed by atoms with E-state index in [4.69, 9.17) is 5.73 Å². The normalized spacial score (nSPS) is 19.2. The Morgan fingerprint density at radius 1 is 1.23 bits per heavy atom. The minimum atomic E-state index is -4.51. The van der Waals surface area contributed by atoms with Gasteiger partial charge in [-0.3, -0.25) is 4.98 Å². The van der Waals surface area contributed by atoms with Crippen molar-refractivity contribution in [2.75, 3.05) is 18.0 Å². The zero-order chi connectivity index (χ0) is 21.5. The number of benzene rings is 1. The third-order valence-electron chi connectivity index (χ3n) is 5.17. The molecule has 2 N–H and O–H groups in total. The summed E-state index contributed by atoms with van der Waals surface area (Å²) in [6.07, 6.45) is -4.18. The number of nitrogens with zero attached hydrogens (tertiary/aromatic N) is 5. The average molecular weight is 455 g/mol. The van der Waals surface area contributed by atoms with Crippen molar-refractivity contribution in [3.63, 3.8) is 0 Å². The van der Waals surface area contributed by atoms with Crippen LogP contribution in [0.3, 0.4) is 0 Å². The molecule has 0 unspecified atom stereocenters. The van der Waals surface area contributed by atoms with Crippen molar-refractivity contribution in [2.45, 2.75) is 31.4 Å². The lowest BCUT2D eigenvalue weighted by Gasteiger charge is -2.34. The fourth-order valence-electron chi connectivity index (χ4n) is 3.58. The molecule has 1 aliphatic rings. The number of piperidine rings is 1. The fraction of sp³-hybridized carbons (Fsp3) is 0.350. The number of hydrogen-bond donors (Lipinski definition) is 1. The van der Waals surface area contributed by atoms with Gasteiger partial charge in [-0.2, -0.15) is 18.4 Å². The lowest BCUT2D eigenvalue weighted by molar-refractivity contribution is -0.141. The summed E-state index contributed by atoms with van der Waals surface area (Å²) < 4.78 is 54.1. The molecule has 1 fully saturated rings. The number of nitrogens with two attached hydrogens (primary N) is 1. The second-order valence-electron chi connectivity index (χ2n) is 7.28. The van der Waals surface area contributed by atoms with Crippen LogP contribution in [0.2, 0.25) is 0 Å². The van der Waals surface area contributed by atoms with E-state index in [9.17, 15) is 22.8 Å². The van der Waals surface area contributed by atoms with Gasteiger partial charge in [-0.1, -0.05) is 6.07 Å². The summed E-state index contributed by atoms with van der Waals surface area (Å²) in [5, 5.41) is 9.24. The van der Waals surface area contributed by atoms with Gasteiger partial charge >= 0.3 is 6.18 Å². The van der Waals surface area contributed by atoms with E-state index < -0.39 is 24.1 Å². The van der Waals surface area contributed by atoms with E-state index in [1.54, 1.807) is 22.8 Å². The third-order valence-corrected chi connectivity index (χ3v) is 5.17. The number of imidazole rings is 1. The van der Waals surface area contributed by atoms with Gasteiger partial charge in [0.05, 0.1) is 35.3 Å². The van der Waals surface area contributed by atoms with E-state index >= 15 is 0 Å². The van der Waals surface area contributed by atoms with Gasteiger partial charge in [0.25, 0.3) is 0 Å². The van der Waals surface area contributed by atoms with Crippen molar-refractivity contribution >= 4 is 29.4 Å². The monoisotopic (exact) mass is 454 g/mol. The molecule has 2 atom stereocenters. The van der Waals surface area contributed by atoms with Gasteiger partial charge in [0.2, 0.25) is 5.95 Å². The van der Waals surface area contributed by atoms with Crippen molar-refractivity contribution in [3.05, 3.63) is 53.3 Å². The number of fused-ring (bicyclic) bond motifs is 1. The van der Waals surface area contributed by atoms with Crippen LogP contribution >= 0.6 is 12.4 Å². The highest BCUT2D eigenvalue weighted by Gasteiger charge is 2.32. The van der Waals surface area contributed by atoms with Gasteiger partial charge in [0.15, 0.2) is 0 Å². The predicted molar refractivity (Wildman–Crippen MR) is 110 cm³/mol. The molecule has 1 aliphatic heterocycles. The Morgan fingerprint density at radius 3 is 2.61 bits per heavy atom. The summed E-state index contributed by atoms with van der Waals surface area (Å²) in [6.45, 7) is 0.867. The maximum atomic E-state index is 13.8. The molecule has 2 aromatic heterocycles. The SMILES string of the molecule is Cl.N#Cc1ccc2nc(N3CC[C@@H](F)[C@H](N)C3)n(Cc3ccc(C(F)(F)F)nc3)c2c1. The van der Waals surface area contributed by atoms with Crippen molar-refractivity contribution in [2.24, 2.45) is 5.73 Å². The van der Waals surface area contributed by atoms with Crippen LogP contribution in [-0.2, 0) is 12.7 Å². The second kappa shape index (κ2) is 8.69. The molecule has 0 saturated carbocycles. The highest BCUT2D eigenvalue weighted by molar-refractivity contribution is 5.85. The van der Waals surface area contributed by atoms with E-state index in [2.05, 4.69) is 16.0 Å². The molecule has 0 bridgehead atoms. The zero-order valence-electron chi connectivity index (χ0n) is 16.2. The van der Waals surface area contributed by atoms with Crippen LogP contribution < -0.4 is 10.6 Å². The van der Waals surface area contributed by atoms with Crippen LogP contribution in [0.4, 0.5) is 23.5 Å². The maximum absolute atomic E-state index is 13.8. The van der Waals surface area contributed by atoms with Gasteiger partial charge in [0.1, 0.15) is 11.9 Å². The summed E-state index contributed by atoms with van der Waals surface area (Å²) in [5.41, 5.74) is 7.17. The summed E-state index contributed by atoms with van der Waals surface area (Å²) in [5.74, 6) is 0.530. The Morgan fingerprint density at radius 2 is 2.00 bits per heavy atom. The van der Waals surface area contributed by atoms with Crippen molar-refractivity contribution < 1.29 is 17.6 Å². The lowest BCUT2D eigenvalue weighted by atomic mass is 10.1. The quantitative estimate of drug-likeness (QED) is 0.610. The molecule has 4 rings (SSSR count). The number of rotatable bonds is 3. The summed E-state index contributed by atoms with van der Waals surface area (Å²) in [6, 6.07) is 8.73. The highest BCUT2D eigenvalue weighted by atomic mass is 35.5. The molecule has 6 nitrogen and oxygen atoms in total. The minimum Gasteiger partial charge on any atom is -0.340 e. The van der Waals surface area contributed by atoms with Crippen LogP contribution in [-0.4, -0.2) is 39.8 Å². The number of aromatic nitrogens is 3. The van der Waals surface area contributed by atoms with Gasteiger partial charge in [-0.05, 0) is 36.2 Å². The number of halogens is 5. The van der Waals surface area contributed by atoms with Crippen molar-refractivity contribution in [3.8, 4) is 6.07 Å². The van der Waals surface area contributed by atoms with Crippen LogP contribution in [0.5, 0.6) is 0 Å². The number of nitriles is 1. The first kappa shape index (κ1) is 22.8. The number of anilines is 1. The molecule has 164 valence electrons. The molecule has 1 saturated heterocycles. The smallest absolute Gasteiger partial charge is 0.340 e. The van der Waals surface area contributed by atoms with E-state index in [1.165, 1.54) is 12.3 Å². The largest absolute Gasteiger partial charge is 0.433 e. The van der Waals surface area contributed by atoms with E-state index in [0.29, 0.717) is 34.7 Å². The first-order chi connectivity index (χ1) is 14.3. The van der Waals surface area contributed by atoms with Gasteiger partial charge in [0, 0.05) is 19.3 Å². The fourth-order valence-corrected chi connectivity index (χ4v) is 3.58. The maximum Gasteiger partial charge on any atom is 0.433 e. The molecule has 11 heteroatoms. The molecule has 3 heterocycles. The zero-order valence-corrected chi connectivity index (χ0v) is 17.0. The summed E-state index contributed by atoms with van der Waals surface area (Å²) >= 11 is 0. The summed E-state index contributed by atoms with van der Waals surface area (Å²) in [4.78, 5) is 10.0. The Kier molecular flexibility index (Phi) is 6.38. The van der Waals surface area contributed by atoms with Crippen LogP contribution in [0.1, 0.15) is 23.2 Å². The Bertz CT molecular complexity index is 1110. The molecule has 0 radical (unpaired) electrons. The third kappa shape index (κ3) is 4.57. The molecule has 3 aromatic rings. The van der Waals surface area contributed by atoms with Gasteiger partial charge in [-0.15, -0.1) is 12.4 Å². The van der Waals surface area contributed by atoms with Crippen LogP contribution in [0.25, 0.3) is 11.0 Å². The van der Waals surface area contributed by atoms with E-state index in [-0.39, 0.29) is 31.9 Å². The van der Waals surface area contributed by atoms with E-state index in [0.717, 1.165) is 6.07 Å². The predicted octanol–water partition coefficient (Wildman–Crippen LogP) is 3.67. The molecular weight excluding hydrogens is 436 g/mol. The molecule has 1 aromatic carbocycles. The first-order valence-electron chi connectivity index (χ1n) is 9.33. The lowest BCUT2D eigenvalue weighted by Crippen LogP contribution is -2.50. The van der Waals surface area contributed by atoms with Crippen LogP contribution in [0, 0.1) is 11.3 Å². The number of pyridine rings is 1. The number of alkyl halides is 4. The Balaban J connectivity index is 0.00000272.